The summed E-state index contributed by atoms with van der Waals surface area (Å²) in [5.74, 6) is 5.45. The van der Waals surface area contributed by atoms with Gasteiger partial charge in [-0.15, -0.1) is 0 Å². The Labute approximate surface area is 126 Å². The molecule has 0 saturated carbocycles. The van der Waals surface area contributed by atoms with Crippen LogP contribution >= 0.6 is 0 Å². The van der Waals surface area contributed by atoms with E-state index in [0.717, 1.165) is 12.8 Å². The van der Waals surface area contributed by atoms with Crippen molar-refractivity contribution in [2.24, 2.45) is 17.7 Å². The molecule has 3 N–H and O–H groups in total. The molecule has 1 amide bonds. The van der Waals surface area contributed by atoms with E-state index in [-0.39, 0.29) is 17.9 Å². The fourth-order valence-corrected chi connectivity index (χ4v) is 2.89. The van der Waals surface area contributed by atoms with Gasteiger partial charge >= 0.3 is 0 Å². The minimum absolute atomic E-state index is 0.0439. The first-order valence-electron chi connectivity index (χ1n) is 7.48. The number of nitrogens with one attached hydrogen (secondary N) is 1. The van der Waals surface area contributed by atoms with Crippen LogP contribution in [-0.4, -0.2) is 5.91 Å². The summed E-state index contributed by atoms with van der Waals surface area (Å²) in [7, 11) is 0. The number of carbonyl (C=O) groups is 1. The molecule has 0 aromatic heterocycles. The highest BCUT2D eigenvalue weighted by Gasteiger charge is 2.28. The van der Waals surface area contributed by atoms with Crippen LogP contribution in [0.3, 0.4) is 0 Å². The summed E-state index contributed by atoms with van der Waals surface area (Å²) in [5, 5.41) is 3.15. The molecule has 1 aromatic carbocycles. The fraction of sp³-hybridized carbons (Fsp3) is 0.471. The van der Waals surface area contributed by atoms with E-state index in [0.29, 0.717) is 11.5 Å². The highest BCUT2D eigenvalue weighted by molar-refractivity contribution is 5.93. The molecule has 4 nitrogen and oxygen atoms in total. The van der Waals surface area contributed by atoms with E-state index in [9.17, 15) is 4.79 Å². The number of rotatable bonds is 4. The van der Waals surface area contributed by atoms with Crippen molar-refractivity contribution in [2.45, 2.75) is 39.7 Å². The molecule has 0 heterocycles. The normalized spacial score (nSPS) is 21.9. The molecule has 1 aliphatic carbocycles. The Morgan fingerprint density at radius 2 is 2.14 bits per heavy atom. The maximum atomic E-state index is 12.5. The summed E-state index contributed by atoms with van der Waals surface area (Å²) in [6.07, 6.45) is 3.48. The molecule has 2 atom stereocenters. The second-order valence-corrected chi connectivity index (χ2v) is 6.03. The van der Waals surface area contributed by atoms with E-state index in [4.69, 9.17) is 5.90 Å². The van der Waals surface area contributed by atoms with Gasteiger partial charge in [0.15, 0.2) is 0 Å². The van der Waals surface area contributed by atoms with E-state index in [1.54, 1.807) is 0 Å². The predicted molar refractivity (Wildman–Crippen MR) is 83.0 cm³/mol. The number of hydrogen-bond acceptors (Lipinski definition) is 3. The molecule has 1 aromatic rings. The maximum Gasteiger partial charge on any atom is 0.251 e. The molecule has 21 heavy (non-hydrogen) atoms. The Balaban J connectivity index is 2.22. The summed E-state index contributed by atoms with van der Waals surface area (Å²) in [6.45, 7) is 6.07. The van der Waals surface area contributed by atoms with Crippen molar-refractivity contribution < 1.29 is 9.63 Å². The van der Waals surface area contributed by atoms with Crippen LogP contribution in [0.15, 0.2) is 36.1 Å². The SMILES string of the molecule is CC(C)/C(=C\ON)C(=O)NC1c2ccccc2CCC1C. The number of amides is 1. The second-order valence-electron chi connectivity index (χ2n) is 6.03. The van der Waals surface area contributed by atoms with Gasteiger partial charge in [0.05, 0.1) is 11.6 Å². The summed E-state index contributed by atoms with van der Waals surface area (Å²) in [5.41, 5.74) is 3.11. The molecule has 0 saturated heterocycles. The van der Waals surface area contributed by atoms with Crippen LogP contribution in [0.5, 0.6) is 0 Å². The van der Waals surface area contributed by atoms with E-state index in [2.05, 4.69) is 35.3 Å². The third kappa shape index (κ3) is 3.45. The Bertz CT molecular complexity index is 537. The van der Waals surface area contributed by atoms with Gasteiger partial charge in [0.1, 0.15) is 6.26 Å². The lowest BCUT2D eigenvalue weighted by atomic mass is 9.80. The van der Waals surface area contributed by atoms with Gasteiger partial charge in [-0.2, -0.15) is 5.90 Å². The fourth-order valence-electron chi connectivity index (χ4n) is 2.89. The molecule has 0 aliphatic heterocycles. The van der Waals surface area contributed by atoms with Crippen LogP contribution in [0.25, 0.3) is 0 Å². The molecule has 0 spiro atoms. The van der Waals surface area contributed by atoms with Gasteiger partial charge < -0.3 is 10.2 Å². The molecule has 2 rings (SSSR count). The number of benzene rings is 1. The van der Waals surface area contributed by atoms with Crippen molar-refractivity contribution in [1.82, 2.24) is 5.32 Å². The van der Waals surface area contributed by atoms with E-state index in [1.165, 1.54) is 17.4 Å². The predicted octanol–water partition coefficient (Wildman–Crippen LogP) is 2.86. The lowest BCUT2D eigenvalue weighted by Crippen LogP contribution is -2.37. The maximum absolute atomic E-state index is 12.5. The molecule has 114 valence electrons. The minimum atomic E-state index is -0.107. The van der Waals surface area contributed by atoms with Crippen molar-refractivity contribution in [3.8, 4) is 0 Å². The van der Waals surface area contributed by atoms with Crippen molar-refractivity contribution in [3.05, 3.63) is 47.2 Å². The first-order valence-corrected chi connectivity index (χ1v) is 7.48. The largest absolute Gasteiger partial charge is 0.419 e. The Kier molecular flexibility index (Phi) is 5.02. The first-order chi connectivity index (χ1) is 10.0. The molecule has 0 bridgehead atoms. The van der Waals surface area contributed by atoms with Gasteiger partial charge in [-0.1, -0.05) is 45.0 Å². The number of fused-ring (bicyclic) bond motifs is 1. The van der Waals surface area contributed by atoms with Gasteiger partial charge in [-0.3, -0.25) is 4.79 Å². The zero-order valence-electron chi connectivity index (χ0n) is 12.9. The van der Waals surface area contributed by atoms with Crippen LogP contribution in [0.4, 0.5) is 0 Å². The topological polar surface area (TPSA) is 64.3 Å². The van der Waals surface area contributed by atoms with E-state index < -0.39 is 0 Å². The van der Waals surface area contributed by atoms with Gasteiger partial charge in [0.25, 0.3) is 5.91 Å². The molecule has 0 fully saturated rings. The van der Waals surface area contributed by atoms with Crippen molar-refractivity contribution >= 4 is 5.91 Å². The van der Waals surface area contributed by atoms with Crippen molar-refractivity contribution in [1.29, 1.82) is 0 Å². The number of hydrogen-bond donors (Lipinski definition) is 2. The lowest BCUT2D eigenvalue weighted by molar-refractivity contribution is -0.119. The van der Waals surface area contributed by atoms with Gasteiger partial charge in [0, 0.05) is 0 Å². The quantitative estimate of drug-likeness (QED) is 0.509. The summed E-state index contributed by atoms with van der Waals surface area (Å²) in [6, 6.07) is 8.37. The molecular weight excluding hydrogens is 264 g/mol. The van der Waals surface area contributed by atoms with E-state index in [1.807, 2.05) is 19.9 Å². The number of aryl methyl sites for hydroxylation is 1. The zero-order chi connectivity index (χ0) is 15.4. The number of carbonyl (C=O) groups excluding carboxylic acids is 1. The molecule has 0 radical (unpaired) electrons. The first kappa shape index (κ1) is 15.6. The van der Waals surface area contributed by atoms with E-state index >= 15 is 0 Å². The van der Waals surface area contributed by atoms with Gasteiger partial charge in [-0.25, -0.2) is 0 Å². The number of nitrogens with two attached hydrogens (primary N) is 1. The van der Waals surface area contributed by atoms with Gasteiger partial charge in [-0.05, 0) is 35.8 Å². The van der Waals surface area contributed by atoms with Crippen molar-refractivity contribution in [2.75, 3.05) is 0 Å². The van der Waals surface area contributed by atoms with Crippen LogP contribution in [-0.2, 0) is 16.1 Å². The third-order valence-corrected chi connectivity index (χ3v) is 4.19. The average molecular weight is 288 g/mol. The standard InChI is InChI=1S/C17H24N2O2/c1-11(2)15(10-21-18)17(20)19-16-12(3)8-9-13-6-4-5-7-14(13)16/h4-7,10-12,16H,8-9,18H2,1-3H3,(H,19,20)/b15-10+. The Morgan fingerprint density at radius 1 is 1.43 bits per heavy atom. The summed E-state index contributed by atoms with van der Waals surface area (Å²) >= 11 is 0. The molecular formula is C17H24N2O2. The van der Waals surface area contributed by atoms with Crippen molar-refractivity contribution in [3.63, 3.8) is 0 Å². The molecule has 4 heteroatoms. The second kappa shape index (κ2) is 6.76. The molecule has 1 aliphatic rings. The van der Waals surface area contributed by atoms with Gasteiger partial charge in [0.2, 0.25) is 0 Å². The Hall–Kier alpha value is -1.81. The average Bonchev–Trinajstić information content (AvgIpc) is 2.47. The monoisotopic (exact) mass is 288 g/mol. The lowest BCUT2D eigenvalue weighted by Gasteiger charge is -2.32. The summed E-state index contributed by atoms with van der Waals surface area (Å²) < 4.78 is 0. The van der Waals surface area contributed by atoms with Crippen LogP contribution < -0.4 is 11.2 Å². The van der Waals surface area contributed by atoms with Crippen LogP contribution in [0, 0.1) is 11.8 Å². The third-order valence-electron chi connectivity index (χ3n) is 4.19. The van der Waals surface area contributed by atoms with Crippen LogP contribution in [0.2, 0.25) is 0 Å². The molecule has 2 unspecified atom stereocenters. The highest BCUT2D eigenvalue weighted by Crippen LogP contribution is 2.34. The minimum Gasteiger partial charge on any atom is -0.419 e. The highest BCUT2D eigenvalue weighted by atomic mass is 16.6. The zero-order valence-corrected chi connectivity index (χ0v) is 12.9. The summed E-state index contributed by atoms with van der Waals surface area (Å²) in [4.78, 5) is 17.0. The van der Waals surface area contributed by atoms with Crippen LogP contribution in [0.1, 0.15) is 44.4 Å². The Morgan fingerprint density at radius 3 is 2.81 bits per heavy atom. The smallest absolute Gasteiger partial charge is 0.251 e.